The van der Waals surface area contributed by atoms with Gasteiger partial charge in [0, 0.05) is 5.54 Å². The SMILES string of the molecule is CC(C)(C)N1C(=O)[C@H]2Cc3ccccc3[C@](O)(c3ccccc3)[C@H]2C1=O. The lowest BCUT2D eigenvalue weighted by molar-refractivity contribution is -0.147. The molecule has 1 aliphatic heterocycles. The van der Waals surface area contributed by atoms with E-state index in [1.165, 1.54) is 4.90 Å². The van der Waals surface area contributed by atoms with Crippen LogP contribution in [0.4, 0.5) is 0 Å². The van der Waals surface area contributed by atoms with Gasteiger partial charge in [-0.3, -0.25) is 14.5 Å². The molecule has 134 valence electrons. The van der Waals surface area contributed by atoms with E-state index >= 15 is 0 Å². The number of hydrogen-bond acceptors (Lipinski definition) is 3. The summed E-state index contributed by atoms with van der Waals surface area (Å²) in [5.74, 6) is -1.81. The number of aliphatic hydroxyl groups is 1. The van der Waals surface area contributed by atoms with Gasteiger partial charge in [0.1, 0.15) is 5.60 Å². The highest BCUT2D eigenvalue weighted by molar-refractivity contribution is 6.07. The third-order valence-electron chi connectivity index (χ3n) is 5.63. The van der Waals surface area contributed by atoms with E-state index in [9.17, 15) is 14.7 Å². The number of carbonyl (C=O) groups excluding carboxylic acids is 2. The van der Waals surface area contributed by atoms with Crippen LogP contribution in [0.3, 0.4) is 0 Å². The minimum atomic E-state index is -1.51. The number of nitrogens with zero attached hydrogens (tertiary/aromatic N) is 1. The summed E-state index contributed by atoms with van der Waals surface area (Å²) in [7, 11) is 0. The summed E-state index contributed by atoms with van der Waals surface area (Å²) >= 11 is 0. The van der Waals surface area contributed by atoms with Gasteiger partial charge in [-0.05, 0) is 43.9 Å². The molecule has 2 aromatic rings. The lowest BCUT2D eigenvalue weighted by atomic mass is 9.64. The fourth-order valence-corrected chi connectivity index (χ4v) is 4.57. The second-order valence-corrected chi connectivity index (χ2v) is 8.26. The van der Waals surface area contributed by atoms with Crippen LogP contribution in [0.1, 0.15) is 37.5 Å². The van der Waals surface area contributed by atoms with Crippen LogP contribution in [0, 0.1) is 11.8 Å². The summed E-state index contributed by atoms with van der Waals surface area (Å²) < 4.78 is 0. The molecule has 0 unspecified atom stereocenters. The maximum atomic E-state index is 13.3. The van der Waals surface area contributed by atoms with E-state index < -0.39 is 23.0 Å². The van der Waals surface area contributed by atoms with Crippen molar-refractivity contribution >= 4 is 11.8 Å². The molecular formula is C22H23NO3. The van der Waals surface area contributed by atoms with Crippen LogP contribution in [0.15, 0.2) is 54.6 Å². The fourth-order valence-electron chi connectivity index (χ4n) is 4.57. The van der Waals surface area contributed by atoms with Crippen LogP contribution < -0.4 is 0 Å². The van der Waals surface area contributed by atoms with Crippen LogP contribution in [-0.2, 0) is 21.6 Å². The fraction of sp³-hybridized carbons (Fsp3) is 0.364. The average Bonchev–Trinajstić information content (AvgIpc) is 2.87. The first kappa shape index (κ1) is 17.0. The molecular weight excluding hydrogens is 326 g/mol. The molecule has 4 rings (SSSR count). The molecule has 1 heterocycles. The zero-order valence-corrected chi connectivity index (χ0v) is 15.3. The van der Waals surface area contributed by atoms with E-state index in [-0.39, 0.29) is 11.8 Å². The van der Waals surface area contributed by atoms with E-state index in [4.69, 9.17) is 0 Å². The van der Waals surface area contributed by atoms with Crippen molar-refractivity contribution in [1.29, 1.82) is 0 Å². The van der Waals surface area contributed by atoms with Gasteiger partial charge in [0.05, 0.1) is 11.8 Å². The number of benzene rings is 2. The summed E-state index contributed by atoms with van der Waals surface area (Å²) in [6.07, 6.45) is 0.479. The molecule has 2 amide bonds. The molecule has 0 aromatic heterocycles. The maximum absolute atomic E-state index is 13.3. The van der Waals surface area contributed by atoms with Gasteiger partial charge in [0.25, 0.3) is 0 Å². The Balaban J connectivity index is 1.97. The molecule has 4 nitrogen and oxygen atoms in total. The van der Waals surface area contributed by atoms with Crippen molar-refractivity contribution in [3.63, 3.8) is 0 Å². The number of likely N-dealkylation sites (tertiary alicyclic amines) is 1. The molecule has 1 saturated heterocycles. The van der Waals surface area contributed by atoms with Crippen molar-refractivity contribution < 1.29 is 14.7 Å². The smallest absolute Gasteiger partial charge is 0.237 e. The molecule has 0 saturated carbocycles. The monoisotopic (exact) mass is 349 g/mol. The molecule has 3 atom stereocenters. The molecule has 1 aliphatic carbocycles. The Kier molecular flexibility index (Phi) is 3.60. The van der Waals surface area contributed by atoms with E-state index in [1.807, 2.05) is 75.4 Å². The number of rotatable bonds is 1. The van der Waals surface area contributed by atoms with Gasteiger partial charge in [-0.2, -0.15) is 0 Å². The first-order chi connectivity index (χ1) is 12.3. The average molecular weight is 349 g/mol. The first-order valence-corrected chi connectivity index (χ1v) is 9.00. The summed E-state index contributed by atoms with van der Waals surface area (Å²) in [4.78, 5) is 27.8. The van der Waals surface area contributed by atoms with Gasteiger partial charge in [-0.25, -0.2) is 0 Å². The molecule has 2 aromatic carbocycles. The third-order valence-corrected chi connectivity index (χ3v) is 5.63. The van der Waals surface area contributed by atoms with E-state index in [0.29, 0.717) is 12.0 Å². The quantitative estimate of drug-likeness (QED) is 0.806. The maximum Gasteiger partial charge on any atom is 0.237 e. The number of fused-ring (bicyclic) bond motifs is 2. The molecule has 1 fully saturated rings. The summed E-state index contributed by atoms with van der Waals surface area (Å²) in [6.45, 7) is 5.57. The molecule has 26 heavy (non-hydrogen) atoms. The number of hydrogen-bond donors (Lipinski definition) is 1. The van der Waals surface area contributed by atoms with Gasteiger partial charge < -0.3 is 5.11 Å². The number of amides is 2. The number of carbonyl (C=O) groups is 2. The van der Waals surface area contributed by atoms with Crippen LogP contribution in [0.5, 0.6) is 0 Å². The Labute approximate surface area is 153 Å². The second-order valence-electron chi connectivity index (χ2n) is 8.26. The van der Waals surface area contributed by atoms with Crippen LogP contribution >= 0.6 is 0 Å². The van der Waals surface area contributed by atoms with Gasteiger partial charge in [0.15, 0.2) is 0 Å². The molecule has 2 aliphatic rings. The summed E-state index contributed by atoms with van der Waals surface area (Å²) in [6, 6.07) is 16.8. The zero-order chi connectivity index (χ0) is 18.7. The Morgan fingerprint density at radius 2 is 1.58 bits per heavy atom. The lowest BCUT2D eigenvalue weighted by Gasteiger charge is -2.41. The Bertz CT molecular complexity index is 884. The van der Waals surface area contributed by atoms with Crippen LogP contribution in [0.25, 0.3) is 0 Å². The molecule has 0 radical (unpaired) electrons. The highest BCUT2D eigenvalue weighted by Gasteiger charge is 2.62. The normalized spacial score (nSPS) is 28.1. The van der Waals surface area contributed by atoms with E-state index in [0.717, 1.165) is 11.1 Å². The highest BCUT2D eigenvalue weighted by atomic mass is 16.3. The van der Waals surface area contributed by atoms with Gasteiger partial charge in [-0.1, -0.05) is 54.6 Å². The predicted octanol–water partition coefficient (Wildman–Crippen LogP) is 2.88. The van der Waals surface area contributed by atoms with Crippen molar-refractivity contribution in [2.45, 2.75) is 38.3 Å². The van der Waals surface area contributed by atoms with E-state index in [2.05, 4.69) is 0 Å². The predicted molar refractivity (Wildman–Crippen MR) is 98.2 cm³/mol. The second kappa shape index (κ2) is 5.52. The Morgan fingerprint density at radius 3 is 2.23 bits per heavy atom. The standard InChI is InChI=1S/C22H23NO3/c1-21(2,3)23-19(24)16-13-14-9-7-8-12-17(14)22(26,18(16)20(23)25)15-10-5-4-6-11-15/h4-12,16,18,26H,13H2,1-3H3/t16-,18+,22+/m0/s1. The molecule has 0 bridgehead atoms. The largest absolute Gasteiger partial charge is 0.380 e. The van der Waals surface area contributed by atoms with E-state index in [1.54, 1.807) is 0 Å². The Morgan fingerprint density at radius 1 is 0.962 bits per heavy atom. The van der Waals surface area contributed by atoms with Gasteiger partial charge in [-0.15, -0.1) is 0 Å². The molecule has 4 heteroatoms. The minimum absolute atomic E-state index is 0.184. The zero-order valence-electron chi connectivity index (χ0n) is 15.3. The van der Waals surface area contributed by atoms with Crippen molar-refractivity contribution in [2.24, 2.45) is 11.8 Å². The first-order valence-electron chi connectivity index (χ1n) is 9.00. The van der Waals surface area contributed by atoms with Crippen molar-refractivity contribution in [3.8, 4) is 0 Å². The Hall–Kier alpha value is -2.46. The topological polar surface area (TPSA) is 57.6 Å². The van der Waals surface area contributed by atoms with Gasteiger partial charge in [0.2, 0.25) is 11.8 Å². The lowest BCUT2D eigenvalue weighted by Crippen LogP contribution is -2.49. The van der Waals surface area contributed by atoms with Crippen molar-refractivity contribution in [2.75, 3.05) is 0 Å². The summed E-state index contributed by atoms with van der Waals surface area (Å²) in [5, 5.41) is 11.9. The molecule has 0 spiro atoms. The highest BCUT2D eigenvalue weighted by Crippen LogP contribution is 2.51. The van der Waals surface area contributed by atoms with Crippen LogP contribution in [0.2, 0.25) is 0 Å². The van der Waals surface area contributed by atoms with Gasteiger partial charge >= 0.3 is 0 Å². The number of imide groups is 1. The molecule has 1 N–H and O–H groups in total. The third kappa shape index (κ3) is 2.18. The summed E-state index contributed by atoms with van der Waals surface area (Å²) in [5.41, 5.74) is 0.184. The van der Waals surface area contributed by atoms with Crippen molar-refractivity contribution in [3.05, 3.63) is 71.3 Å². The van der Waals surface area contributed by atoms with Crippen LogP contribution in [-0.4, -0.2) is 27.4 Å². The minimum Gasteiger partial charge on any atom is -0.380 e. The van der Waals surface area contributed by atoms with Crippen molar-refractivity contribution in [1.82, 2.24) is 4.90 Å².